The van der Waals surface area contributed by atoms with Gasteiger partial charge in [0.25, 0.3) is 0 Å². The Kier molecular flexibility index (Phi) is 6.13. The first-order valence-corrected chi connectivity index (χ1v) is 7.38. The lowest BCUT2D eigenvalue weighted by Crippen LogP contribution is -2.42. The van der Waals surface area contributed by atoms with Gasteiger partial charge in [0.1, 0.15) is 0 Å². The fraction of sp³-hybridized carbons (Fsp3) is 0.933. The molecule has 0 saturated heterocycles. The van der Waals surface area contributed by atoms with Gasteiger partial charge in [-0.25, -0.2) is 0 Å². The molecule has 1 rings (SSSR count). The lowest BCUT2D eigenvalue weighted by Gasteiger charge is -2.26. The number of aliphatic hydroxyl groups is 1. The molecule has 1 saturated carbocycles. The summed E-state index contributed by atoms with van der Waals surface area (Å²) in [5.74, 6) is 1.11. The normalized spacial score (nSPS) is 20.7. The maximum absolute atomic E-state index is 11.8. The molecule has 2 N–H and O–H groups in total. The van der Waals surface area contributed by atoms with Gasteiger partial charge in [0.15, 0.2) is 0 Å². The minimum absolute atomic E-state index is 0.103. The van der Waals surface area contributed by atoms with Crippen LogP contribution in [0.1, 0.15) is 65.7 Å². The van der Waals surface area contributed by atoms with Crippen molar-refractivity contribution in [1.29, 1.82) is 0 Å². The van der Waals surface area contributed by atoms with Crippen molar-refractivity contribution in [2.45, 2.75) is 71.3 Å². The maximum atomic E-state index is 11.8. The minimum Gasteiger partial charge on any atom is -0.388 e. The molecule has 0 aromatic rings. The average molecular weight is 255 g/mol. The Morgan fingerprint density at radius 1 is 1.33 bits per heavy atom. The maximum Gasteiger partial charge on any atom is 0.220 e. The molecular formula is C15H29NO2. The van der Waals surface area contributed by atoms with Crippen LogP contribution in [0.4, 0.5) is 0 Å². The second-order valence-electron chi connectivity index (χ2n) is 6.58. The van der Waals surface area contributed by atoms with E-state index in [4.69, 9.17) is 0 Å². The number of carbonyl (C=O) groups excluding carboxylic acids is 1. The van der Waals surface area contributed by atoms with E-state index in [1.807, 2.05) is 0 Å². The van der Waals surface area contributed by atoms with Crippen molar-refractivity contribution in [3.8, 4) is 0 Å². The highest BCUT2D eigenvalue weighted by Crippen LogP contribution is 2.26. The number of carbonyl (C=O) groups is 1. The molecule has 0 aromatic carbocycles. The minimum atomic E-state index is -0.781. The summed E-state index contributed by atoms with van der Waals surface area (Å²) in [5, 5.41) is 13.0. The lowest BCUT2D eigenvalue weighted by atomic mass is 9.86. The topological polar surface area (TPSA) is 49.3 Å². The second kappa shape index (κ2) is 7.13. The summed E-state index contributed by atoms with van der Waals surface area (Å²) >= 11 is 0. The first-order valence-electron chi connectivity index (χ1n) is 7.38. The van der Waals surface area contributed by atoms with Gasteiger partial charge in [-0.05, 0) is 38.0 Å². The van der Waals surface area contributed by atoms with Gasteiger partial charge >= 0.3 is 0 Å². The van der Waals surface area contributed by atoms with Crippen LogP contribution < -0.4 is 5.32 Å². The molecule has 1 amide bonds. The van der Waals surface area contributed by atoms with Crippen molar-refractivity contribution >= 4 is 5.91 Å². The van der Waals surface area contributed by atoms with Crippen molar-refractivity contribution < 1.29 is 9.90 Å². The van der Waals surface area contributed by atoms with E-state index in [1.165, 1.54) is 32.1 Å². The third-order valence-electron chi connectivity index (χ3n) is 3.71. The van der Waals surface area contributed by atoms with Crippen molar-refractivity contribution in [1.82, 2.24) is 5.32 Å². The summed E-state index contributed by atoms with van der Waals surface area (Å²) in [6, 6.07) is 0. The van der Waals surface area contributed by atoms with Crippen LogP contribution in [0.2, 0.25) is 0 Å². The van der Waals surface area contributed by atoms with Crippen LogP contribution >= 0.6 is 0 Å². The summed E-state index contributed by atoms with van der Waals surface area (Å²) < 4.78 is 0. The number of hydrogen-bond donors (Lipinski definition) is 2. The van der Waals surface area contributed by atoms with Gasteiger partial charge in [0, 0.05) is 13.0 Å². The van der Waals surface area contributed by atoms with Gasteiger partial charge < -0.3 is 10.4 Å². The molecule has 1 unspecified atom stereocenters. The third kappa shape index (κ3) is 6.39. The fourth-order valence-corrected chi connectivity index (χ4v) is 2.97. The van der Waals surface area contributed by atoms with Gasteiger partial charge in [0.2, 0.25) is 5.91 Å². The molecule has 3 nitrogen and oxygen atoms in total. The molecule has 1 aliphatic carbocycles. The Morgan fingerprint density at radius 2 is 1.94 bits per heavy atom. The Balaban J connectivity index is 2.23. The zero-order chi connectivity index (χ0) is 13.6. The summed E-state index contributed by atoms with van der Waals surface area (Å²) in [4.78, 5) is 11.8. The van der Waals surface area contributed by atoms with Gasteiger partial charge in [-0.2, -0.15) is 0 Å². The van der Waals surface area contributed by atoms with Crippen molar-refractivity contribution in [2.75, 3.05) is 6.54 Å². The highest BCUT2D eigenvalue weighted by atomic mass is 16.3. The molecule has 1 fully saturated rings. The van der Waals surface area contributed by atoms with Crippen molar-refractivity contribution in [3.05, 3.63) is 0 Å². The van der Waals surface area contributed by atoms with Gasteiger partial charge in [-0.3, -0.25) is 4.79 Å². The van der Waals surface area contributed by atoms with E-state index >= 15 is 0 Å². The molecule has 0 radical (unpaired) electrons. The molecule has 0 heterocycles. The van der Waals surface area contributed by atoms with E-state index in [1.54, 1.807) is 6.92 Å². The Hall–Kier alpha value is -0.570. The molecule has 106 valence electrons. The predicted octanol–water partition coefficient (Wildman–Crippen LogP) is 2.87. The zero-order valence-electron chi connectivity index (χ0n) is 12.2. The lowest BCUT2D eigenvalue weighted by molar-refractivity contribution is -0.123. The monoisotopic (exact) mass is 255 g/mol. The third-order valence-corrected chi connectivity index (χ3v) is 3.71. The van der Waals surface area contributed by atoms with Gasteiger partial charge in [-0.15, -0.1) is 0 Å². The zero-order valence-corrected chi connectivity index (χ0v) is 12.2. The smallest absolute Gasteiger partial charge is 0.220 e. The summed E-state index contributed by atoms with van der Waals surface area (Å²) in [6.07, 6.45) is 7.59. The van der Waals surface area contributed by atoms with Crippen molar-refractivity contribution in [3.63, 3.8) is 0 Å². The standard InChI is InChI=1S/C15H29NO2/c1-12(2)10-15(3,18)11-16-14(17)9-13-7-5-4-6-8-13/h12-13,18H,4-11H2,1-3H3,(H,16,17). The van der Waals surface area contributed by atoms with Crippen LogP contribution in [0.3, 0.4) is 0 Å². The van der Waals surface area contributed by atoms with Crippen LogP contribution in [0.5, 0.6) is 0 Å². The molecule has 3 heteroatoms. The Labute approximate surface area is 111 Å². The molecule has 1 atom stereocenters. The molecule has 0 aromatic heterocycles. The fourth-order valence-electron chi connectivity index (χ4n) is 2.97. The van der Waals surface area contributed by atoms with Crippen LogP contribution in [0.15, 0.2) is 0 Å². The quantitative estimate of drug-likeness (QED) is 0.766. The first kappa shape index (κ1) is 15.5. The largest absolute Gasteiger partial charge is 0.388 e. The Bertz CT molecular complexity index is 255. The molecule has 0 aliphatic heterocycles. The number of amides is 1. The predicted molar refractivity (Wildman–Crippen MR) is 74.3 cm³/mol. The van der Waals surface area contributed by atoms with Crippen LogP contribution in [0, 0.1) is 11.8 Å². The van der Waals surface area contributed by atoms with Gasteiger partial charge in [-0.1, -0.05) is 33.1 Å². The van der Waals surface area contributed by atoms with E-state index in [2.05, 4.69) is 19.2 Å². The molecular weight excluding hydrogens is 226 g/mol. The number of hydrogen-bond acceptors (Lipinski definition) is 2. The highest BCUT2D eigenvalue weighted by Gasteiger charge is 2.23. The summed E-state index contributed by atoms with van der Waals surface area (Å²) in [6.45, 7) is 6.33. The number of nitrogens with one attached hydrogen (secondary N) is 1. The van der Waals surface area contributed by atoms with Gasteiger partial charge in [0.05, 0.1) is 5.60 Å². The van der Waals surface area contributed by atoms with E-state index < -0.39 is 5.60 Å². The van der Waals surface area contributed by atoms with E-state index in [-0.39, 0.29) is 5.91 Å². The van der Waals surface area contributed by atoms with E-state index in [0.717, 1.165) is 6.42 Å². The van der Waals surface area contributed by atoms with E-state index in [9.17, 15) is 9.90 Å². The van der Waals surface area contributed by atoms with Crippen LogP contribution in [-0.2, 0) is 4.79 Å². The Morgan fingerprint density at radius 3 is 2.50 bits per heavy atom. The molecule has 1 aliphatic rings. The second-order valence-corrected chi connectivity index (χ2v) is 6.58. The average Bonchev–Trinajstić information content (AvgIpc) is 2.26. The SMILES string of the molecule is CC(C)CC(C)(O)CNC(=O)CC1CCCCC1. The van der Waals surface area contributed by atoms with Crippen molar-refractivity contribution in [2.24, 2.45) is 11.8 Å². The summed E-state index contributed by atoms with van der Waals surface area (Å²) in [7, 11) is 0. The first-order chi connectivity index (χ1) is 8.39. The highest BCUT2D eigenvalue weighted by molar-refractivity contribution is 5.76. The molecule has 0 spiro atoms. The van der Waals surface area contributed by atoms with E-state index in [0.29, 0.717) is 24.8 Å². The van der Waals surface area contributed by atoms with Crippen LogP contribution in [-0.4, -0.2) is 23.2 Å². The summed E-state index contributed by atoms with van der Waals surface area (Å²) in [5.41, 5.74) is -0.781. The van der Waals surface area contributed by atoms with Crippen LogP contribution in [0.25, 0.3) is 0 Å². The molecule has 0 bridgehead atoms. The number of rotatable bonds is 6. The molecule has 18 heavy (non-hydrogen) atoms.